The molecule has 1 heterocycles. The van der Waals surface area contributed by atoms with Crippen molar-refractivity contribution >= 4 is 0 Å². The summed E-state index contributed by atoms with van der Waals surface area (Å²) in [4.78, 5) is 0. The van der Waals surface area contributed by atoms with E-state index in [1.165, 1.54) is 12.8 Å². The van der Waals surface area contributed by atoms with Crippen molar-refractivity contribution in [2.75, 3.05) is 26.9 Å². The average Bonchev–Trinajstić information content (AvgIpc) is 3.01. The Balaban J connectivity index is 1.56. The SMILES string of the molecule is COc1ccc(COCCNC(C)C2CCCO2)cc1. The van der Waals surface area contributed by atoms with Gasteiger partial charge in [-0.2, -0.15) is 0 Å². The summed E-state index contributed by atoms with van der Waals surface area (Å²) in [6.45, 7) is 5.30. The van der Waals surface area contributed by atoms with Crippen molar-refractivity contribution in [3.63, 3.8) is 0 Å². The molecule has 0 radical (unpaired) electrons. The summed E-state index contributed by atoms with van der Waals surface area (Å²) >= 11 is 0. The molecule has 112 valence electrons. The van der Waals surface area contributed by atoms with Crippen LogP contribution >= 0.6 is 0 Å². The summed E-state index contributed by atoms with van der Waals surface area (Å²) in [5.41, 5.74) is 1.16. The van der Waals surface area contributed by atoms with E-state index in [2.05, 4.69) is 12.2 Å². The molecule has 4 heteroatoms. The van der Waals surface area contributed by atoms with Gasteiger partial charge in [-0.1, -0.05) is 12.1 Å². The van der Waals surface area contributed by atoms with Gasteiger partial charge in [-0.15, -0.1) is 0 Å². The lowest BCUT2D eigenvalue weighted by molar-refractivity contribution is 0.0751. The van der Waals surface area contributed by atoms with Crippen LogP contribution in [0.2, 0.25) is 0 Å². The van der Waals surface area contributed by atoms with Crippen LogP contribution in [0.1, 0.15) is 25.3 Å². The van der Waals surface area contributed by atoms with E-state index in [4.69, 9.17) is 14.2 Å². The predicted molar refractivity (Wildman–Crippen MR) is 79.1 cm³/mol. The fourth-order valence-corrected chi connectivity index (χ4v) is 2.40. The first-order chi connectivity index (χ1) is 9.79. The number of hydrogen-bond donors (Lipinski definition) is 1. The Kier molecular flexibility index (Phi) is 6.30. The van der Waals surface area contributed by atoms with Gasteiger partial charge in [0.05, 0.1) is 26.4 Å². The lowest BCUT2D eigenvalue weighted by Crippen LogP contribution is -2.38. The zero-order valence-corrected chi connectivity index (χ0v) is 12.4. The third kappa shape index (κ3) is 4.78. The van der Waals surface area contributed by atoms with Gasteiger partial charge in [-0.05, 0) is 37.5 Å². The van der Waals surface area contributed by atoms with E-state index in [0.29, 0.717) is 25.4 Å². The zero-order chi connectivity index (χ0) is 14.2. The Morgan fingerprint density at radius 3 is 2.80 bits per heavy atom. The summed E-state index contributed by atoms with van der Waals surface area (Å²) in [5, 5.41) is 3.46. The normalized spacial score (nSPS) is 20.0. The van der Waals surface area contributed by atoms with Crippen molar-refractivity contribution in [2.24, 2.45) is 0 Å². The van der Waals surface area contributed by atoms with Gasteiger partial charge in [0.1, 0.15) is 5.75 Å². The topological polar surface area (TPSA) is 39.7 Å². The lowest BCUT2D eigenvalue weighted by atomic mass is 10.1. The third-order valence-electron chi connectivity index (χ3n) is 3.66. The molecule has 1 aliphatic rings. The van der Waals surface area contributed by atoms with Gasteiger partial charge in [-0.3, -0.25) is 0 Å². The first kappa shape index (κ1) is 15.3. The molecule has 1 aromatic carbocycles. The molecule has 1 aromatic rings. The fraction of sp³-hybridized carbons (Fsp3) is 0.625. The van der Waals surface area contributed by atoms with E-state index in [9.17, 15) is 0 Å². The van der Waals surface area contributed by atoms with Crippen molar-refractivity contribution in [1.82, 2.24) is 5.32 Å². The second-order valence-electron chi connectivity index (χ2n) is 5.19. The quantitative estimate of drug-likeness (QED) is 0.742. The number of ether oxygens (including phenoxy) is 3. The van der Waals surface area contributed by atoms with E-state index < -0.39 is 0 Å². The Hall–Kier alpha value is -1.10. The van der Waals surface area contributed by atoms with Crippen molar-refractivity contribution < 1.29 is 14.2 Å². The zero-order valence-electron chi connectivity index (χ0n) is 12.4. The number of methoxy groups -OCH3 is 1. The van der Waals surface area contributed by atoms with Crippen molar-refractivity contribution in [3.05, 3.63) is 29.8 Å². The van der Waals surface area contributed by atoms with Crippen molar-refractivity contribution in [1.29, 1.82) is 0 Å². The monoisotopic (exact) mass is 279 g/mol. The third-order valence-corrected chi connectivity index (χ3v) is 3.66. The minimum absolute atomic E-state index is 0.372. The minimum Gasteiger partial charge on any atom is -0.497 e. The van der Waals surface area contributed by atoms with Crippen LogP contribution in [0.3, 0.4) is 0 Å². The van der Waals surface area contributed by atoms with Gasteiger partial charge < -0.3 is 19.5 Å². The minimum atomic E-state index is 0.372. The Morgan fingerprint density at radius 2 is 2.15 bits per heavy atom. The van der Waals surface area contributed by atoms with Crippen LogP contribution in [0, 0.1) is 0 Å². The smallest absolute Gasteiger partial charge is 0.118 e. The molecule has 1 N–H and O–H groups in total. The maximum absolute atomic E-state index is 5.66. The van der Waals surface area contributed by atoms with Crippen LogP contribution in [-0.4, -0.2) is 39.0 Å². The standard InChI is InChI=1S/C16H25NO3/c1-13(16-4-3-10-20-16)17-9-11-19-12-14-5-7-15(18-2)8-6-14/h5-8,13,16-17H,3-4,9-12H2,1-2H3. The second kappa shape index (κ2) is 8.25. The average molecular weight is 279 g/mol. The molecule has 1 saturated heterocycles. The summed E-state index contributed by atoms with van der Waals surface area (Å²) in [6, 6.07) is 8.37. The maximum Gasteiger partial charge on any atom is 0.118 e. The Labute approximate surface area is 121 Å². The molecular formula is C16H25NO3. The number of nitrogens with one attached hydrogen (secondary N) is 1. The maximum atomic E-state index is 5.66. The van der Waals surface area contributed by atoms with E-state index in [0.717, 1.165) is 24.5 Å². The molecule has 0 bridgehead atoms. The molecule has 1 fully saturated rings. The largest absolute Gasteiger partial charge is 0.497 e. The van der Waals surface area contributed by atoms with Crippen LogP contribution in [0.15, 0.2) is 24.3 Å². The summed E-state index contributed by atoms with van der Waals surface area (Å²) in [7, 11) is 1.67. The molecule has 2 unspecified atom stereocenters. The molecule has 0 amide bonds. The molecule has 2 rings (SSSR count). The molecule has 0 aliphatic carbocycles. The summed E-state index contributed by atoms with van der Waals surface area (Å²) < 4.78 is 16.4. The highest BCUT2D eigenvalue weighted by molar-refractivity contribution is 5.26. The molecule has 20 heavy (non-hydrogen) atoms. The van der Waals surface area contributed by atoms with Gasteiger partial charge in [0.2, 0.25) is 0 Å². The lowest BCUT2D eigenvalue weighted by Gasteiger charge is -2.19. The molecule has 0 spiro atoms. The van der Waals surface area contributed by atoms with Gasteiger partial charge in [0.25, 0.3) is 0 Å². The molecule has 2 atom stereocenters. The van der Waals surface area contributed by atoms with Gasteiger partial charge in [-0.25, -0.2) is 0 Å². The van der Waals surface area contributed by atoms with Gasteiger partial charge in [0, 0.05) is 19.2 Å². The fourth-order valence-electron chi connectivity index (χ4n) is 2.40. The first-order valence-corrected chi connectivity index (χ1v) is 7.35. The van der Waals surface area contributed by atoms with E-state index in [-0.39, 0.29) is 0 Å². The molecule has 0 saturated carbocycles. The Morgan fingerprint density at radius 1 is 1.35 bits per heavy atom. The first-order valence-electron chi connectivity index (χ1n) is 7.35. The summed E-state index contributed by atoms with van der Waals surface area (Å²) in [5.74, 6) is 0.876. The Bertz CT molecular complexity index is 374. The van der Waals surface area contributed by atoms with Gasteiger partial charge >= 0.3 is 0 Å². The van der Waals surface area contributed by atoms with E-state index >= 15 is 0 Å². The molecule has 4 nitrogen and oxygen atoms in total. The van der Waals surface area contributed by atoms with Crippen LogP contribution in [-0.2, 0) is 16.1 Å². The van der Waals surface area contributed by atoms with Gasteiger partial charge in [0.15, 0.2) is 0 Å². The van der Waals surface area contributed by atoms with Crippen LogP contribution in [0.5, 0.6) is 5.75 Å². The van der Waals surface area contributed by atoms with E-state index in [1.54, 1.807) is 7.11 Å². The molecule has 1 aliphatic heterocycles. The second-order valence-corrected chi connectivity index (χ2v) is 5.19. The highest BCUT2D eigenvalue weighted by Crippen LogP contribution is 2.15. The number of rotatable bonds is 8. The predicted octanol–water partition coefficient (Wildman–Crippen LogP) is 2.37. The van der Waals surface area contributed by atoms with Crippen LogP contribution < -0.4 is 10.1 Å². The molecule has 0 aromatic heterocycles. The number of benzene rings is 1. The summed E-state index contributed by atoms with van der Waals surface area (Å²) in [6.07, 6.45) is 2.72. The van der Waals surface area contributed by atoms with Crippen LogP contribution in [0.25, 0.3) is 0 Å². The van der Waals surface area contributed by atoms with E-state index in [1.807, 2.05) is 24.3 Å². The van der Waals surface area contributed by atoms with Crippen LogP contribution in [0.4, 0.5) is 0 Å². The molecular weight excluding hydrogens is 254 g/mol. The van der Waals surface area contributed by atoms with Crippen molar-refractivity contribution in [3.8, 4) is 5.75 Å². The highest BCUT2D eigenvalue weighted by atomic mass is 16.5. The highest BCUT2D eigenvalue weighted by Gasteiger charge is 2.21. The number of hydrogen-bond acceptors (Lipinski definition) is 4. The van der Waals surface area contributed by atoms with Crippen molar-refractivity contribution in [2.45, 2.75) is 38.5 Å².